The molecule has 21 heavy (non-hydrogen) atoms. The number of hydrogen-bond donors (Lipinski definition) is 2. The van der Waals surface area contributed by atoms with Crippen LogP contribution in [0.3, 0.4) is 0 Å². The number of aryl methyl sites for hydroxylation is 1. The molecule has 1 saturated carbocycles. The van der Waals surface area contributed by atoms with Gasteiger partial charge in [-0.25, -0.2) is 0 Å². The van der Waals surface area contributed by atoms with Crippen molar-refractivity contribution in [3.63, 3.8) is 0 Å². The molecule has 0 saturated heterocycles. The largest absolute Gasteiger partial charge is 0.481 e. The van der Waals surface area contributed by atoms with Gasteiger partial charge in [0.15, 0.2) is 0 Å². The van der Waals surface area contributed by atoms with Gasteiger partial charge in [0.05, 0.1) is 12.0 Å². The van der Waals surface area contributed by atoms with E-state index in [-0.39, 0.29) is 12.3 Å². The lowest BCUT2D eigenvalue weighted by molar-refractivity contribution is -0.154. The number of rotatable bonds is 6. The smallest absolute Gasteiger partial charge is 0.310 e. The summed E-state index contributed by atoms with van der Waals surface area (Å²) < 4.78 is 0. The minimum Gasteiger partial charge on any atom is -0.481 e. The third kappa shape index (κ3) is 3.84. The van der Waals surface area contributed by atoms with Crippen LogP contribution in [0.2, 0.25) is 0 Å². The molecule has 5 heteroatoms. The summed E-state index contributed by atoms with van der Waals surface area (Å²) in [5, 5.41) is 14.4. The highest BCUT2D eigenvalue weighted by molar-refractivity contribution is 7.10. The molecule has 1 aliphatic rings. The fraction of sp³-hybridized carbons (Fsp3) is 0.625. The molecule has 1 amide bonds. The molecule has 0 aromatic carbocycles. The number of carbonyl (C=O) groups is 2. The first-order chi connectivity index (χ1) is 10.1. The first kappa shape index (κ1) is 16.0. The van der Waals surface area contributed by atoms with E-state index in [1.165, 1.54) is 10.4 Å². The molecule has 1 fully saturated rings. The lowest BCUT2D eigenvalue weighted by Crippen LogP contribution is -2.39. The number of aliphatic carboxylic acids is 1. The van der Waals surface area contributed by atoms with Gasteiger partial charge < -0.3 is 10.4 Å². The van der Waals surface area contributed by atoms with E-state index in [2.05, 4.69) is 18.3 Å². The fourth-order valence-corrected chi connectivity index (χ4v) is 4.00. The molecule has 0 bridgehead atoms. The monoisotopic (exact) mass is 309 g/mol. The van der Waals surface area contributed by atoms with Gasteiger partial charge >= 0.3 is 5.97 Å². The SMILES string of the molecule is CCc1ccsc1CNC(=O)CC1(C(=O)O)CCCCC1. The van der Waals surface area contributed by atoms with Crippen molar-refractivity contribution in [2.24, 2.45) is 5.41 Å². The normalized spacial score (nSPS) is 17.4. The Kier molecular flexibility index (Phi) is 5.39. The second kappa shape index (κ2) is 7.07. The molecular weight excluding hydrogens is 286 g/mol. The van der Waals surface area contributed by atoms with Crippen LogP contribution in [0.15, 0.2) is 11.4 Å². The molecule has 0 radical (unpaired) electrons. The Morgan fingerprint density at radius 3 is 2.67 bits per heavy atom. The first-order valence-corrected chi connectivity index (χ1v) is 8.51. The first-order valence-electron chi connectivity index (χ1n) is 7.63. The highest BCUT2D eigenvalue weighted by atomic mass is 32.1. The predicted octanol–water partition coefficient (Wildman–Crippen LogP) is 3.35. The number of amides is 1. The summed E-state index contributed by atoms with van der Waals surface area (Å²) in [4.78, 5) is 24.9. The van der Waals surface area contributed by atoms with E-state index in [1.807, 2.05) is 5.38 Å². The van der Waals surface area contributed by atoms with Crippen molar-refractivity contribution in [3.8, 4) is 0 Å². The number of nitrogens with one attached hydrogen (secondary N) is 1. The molecule has 1 aromatic rings. The summed E-state index contributed by atoms with van der Waals surface area (Å²) in [7, 11) is 0. The lowest BCUT2D eigenvalue weighted by atomic mass is 9.71. The third-order valence-electron chi connectivity index (χ3n) is 4.43. The summed E-state index contributed by atoms with van der Waals surface area (Å²) in [6, 6.07) is 2.08. The number of thiophene rings is 1. The van der Waals surface area contributed by atoms with Crippen LogP contribution in [-0.4, -0.2) is 17.0 Å². The molecule has 0 unspecified atom stereocenters. The van der Waals surface area contributed by atoms with Gasteiger partial charge in [-0.2, -0.15) is 0 Å². The minimum absolute atomic E-state index is 0.106. The van der Waals surface area contributed by atoms with E-state index in [0.29, 0.717) is 19.4 Å². The molecule has 0 aliphatic heterocycles. The van der Waals surface area contributed by atoms with Crippen LogP contribution in [0.4, 0.5) is 0 Å². The van der Waals surface area contributed by atoms with E-state index < -0.39 is 11.4 Å². The molecule has 116 valence electrons. The van der Waals surface area contributed by atoms with E-state index in [9.17, 15) is 14.7 Å². The van der Waals surface area contributed by atoms with Gasteiger partial charge in [-0.15, -0.1) is 11.3 Å². The average Bonchev–Trinajstić information content (AvgIpc) is 2.93. The quantitative estimate of drug-likeness (QED) is 0.847. The van der Waals surface area contributed by atoms with Crippen molar-refractivity contribution >= 4 is 23.2 Å². The van der Waals surface area contributed by atoms with Crippen molar-refractivity contribution in [3.05, 3.63) is 21.9 Å². The summed E-state index contributed by atoms with van der Waals surface area (Å²) >= 11 is 1.64. The summed E-state index contributed by atoms with van der Waals surface area (Å²) in [5.41, 5.74) is 0.414. The van der Waals surface area contributed by atoms with Crippen molar-refractivity contribution < 1.29 is 14.7 Å². The zero-order valence-corrected chi connectivity index (χ0v) is 13.3. The van der Waals surface area contributed by atoms with Crippen LogP contribution >= 0.6 is 11.3 Å². The van der Waals surface area contributed by atoms with Crippen LogP contribution in [0.5, 0.6) is 0 Å². The van der Waals surface area contributed by atoms with Crippen LogP contribution in [0, 0.1) is 5.41 Å². The van der Waals surface area contributed by atoms with E-state index in [1.54, 1.807) is 11.3 Å². The Morgan fingerprint density at radius 1 is 1.33 bits per heavy atom. The maximum absolute atomic E-state index is 12.1. The van der Waals surface area contributed by atoms with Gasteiger partial charge in [0, 0.05) is 11.3 Å². The third-order valence-corrected chi connectivity index (χ3v) is 5.39. The van der Waals surface area contributed by atoms with Crippen molar-refractivity contribution in [2.75, 3.05) is 0 Å². The second-order valence-corrected chi connectivity index (χ2v) is 6.82. The van der Waals surface area contributed by atoms with Crippen LogP contribution in [-0.2, 0) is 22.6 Å². The summed E-state index contributed by atoms with van der Waals surface area (Å²) in [6.45, 7) is 2.60. The van der Waals surface area contributed by atoms with Crippen molar-refractivity contribution in [1.29, 1.82) is 0 Å². The molecular formula is C16H23NO3S. The molecule has 1 heterocycles. The molecule has 2 N–H and O–H groups in total. The Hall–Kier alpha value is -1.36. The number of carboxylic acid groups (broad SMARTS) is 1. The molecule has 2 rings (SSSR count). The van der Waals surface area contributed by atoms with Gasteiger partial charge in [0.25, 0.3) is 0 Å². The number of hydrogen-bond acceptors (Lipinski definition) is 3. The van der Waals surface area contributed by atoms with Gasteiger partial charge in [-0.1, -0.05) is 26.2 Å². The van der Waals surface area contributed by atoms with E-state index in [0.717, 1.165) is 25.7 Å². The fourth-order valence-electron chi connectivity index (χ4n) is 3.08. The Labute approximate surface area is 129 Å². The Morgan fingerprint density at radius 2 is 2.05 bits per heavy atom. The van der Waals surface area contributed by atoms with Crippen molar-refractivity contribution in [2.45, 2.75) is 58.4 Å². The van der Waals surface area contributed by atoms with E-state index in [4.69, 9.17) is 0 Å². The molecule has 4 nitrogen and oxygen atoms in total. The summed E-state index contributed by atoms with van der Waals surface area (Å²) in [5.74, 6) is -0.961. The lowest BCUT2D eigenvalue weighted by Gasteiger charge is -2.32. The zero-order chi connectivity index (χ0) is 15.3. The average molecular weight is 309 g/mol. The molecule has 1 aliphatic carbocycles. The van der Waals surface area contributed by atoms with Gasteiger partial charge in [-0.05, 0) is 36.3 Å². The maximum Gasteiger partial charge on any atom is 0.310 e. The van der Waals surface area contributed by atoms with Crippen molar-refractivity contribution in [1.82, 2.24) is 5.32 Å². The highest BCUT2D eigenvalue weighted by Crippen LogP contribution is 2.39. The molecule has 1 aromatic heterocycles. The number of carboxylic acids is 1. The van der Waals surface area contributed by atoms with Gasteiger partial charge in [0.2, 0.25) is 5.91 Å². The number of carbonyl (C=O) groups excluding carboxylic acids is 1. The predicted molar refractivity (Wildman–Crippen MR) is 83.3 cm³/mol. The Balaban J connectivity index is 1.92. The highest BCUT2D eigenvalue weighted by Gasteiger charge is 2.41. The Bertz CT molecular complexity index is 503. The topological polar surface area (TPSA) is 66.4 Å². The maximum atomic E-state index is 12.1. The molecule has 0 spiro atoms. The van der Waals surface area contributed by atoms with Gasteiger partial charge in [-0.3, -0.25) is 9.59 Å². The standard InChI is InChI=1S/C16H23NO3S/c1-2-12-6-9-21-13(12)11-17-14(18)10-16(15(19)20)7-4-3-5-8-16/h6,9H,2-5,7-8,10-11H2,1H3,(H,17,18)(H,19,20). The summed E-state index contributed by atoms with van der Waals surface area (Å²) in [6.07, 6.45) is 5.19. The van der Waals surface area contributed by atoms with Gasteiger partial charge in [0.1, 0.15) is 0 Å². The zero-order valence-electron chi connectivity index (χ0n) is 12.5. The van der Waals surface area contributed by atoms with Crippen LogP contribution < -0.4 is 5.32 Å². The second-order valence-electron chi connectivity index (χ2n) is 5.82. The van der Waals surface area contributed by atoms with Crippen LogP contribution in [0.25, 0.3) is 0 Å². The van der Waals surface area contributed by atoms with Crippen LogP contribution in [0.1, 0.15) is 55.9 Å². The molecule has 0 atom stereocenters. The van der Waals surface area contributed by atoms with E-state index >= 15 is 0 Å². The minimum atomic E-state index is -0.842.